The summed E-state index contributed by atoms with van der Waals surface area (Å²) in [6.45, 7) is 2.34. The van der Waals surface area contributed by atoms with Gasteiger partial charge in [0, 0.05) is 12.1 Å². The third-order valence-electron chi connectivity index (χ3n) is 5.02. The fourth-order valence-corrected chi connectivity index (χ4v) is 3.77. The highest BCUT2D eigenvalue weighted by Crippen LogP contribution is 2.29. The van der Waals surface area contributed by atoms with E-state index in [-0.39, 0.29) is 5.92 Å². The third kappa shape index (κ3) is 3.72. The lowest BCUT2D eigenvalue weighted by atomic mass is 9.83. The molecule has 3 atom stereocenters. The normalized spacial score (nSPS) is 32.4. The second-order valence-corrected chi connectivity index (χ2v) is 6.33. The van der Waals surface area contributed by atoms with E-state index in [0.717, 1.165) is 12.3 Å². The van der Waals surface area contributed by atoms with Crippen LogP contribution in [-0.2, 0) is 0 Å². The number of hydrogen-bond donors (Lipinski definition) is 1. The van der Waals surface area contributed by atoms with Gasteiger partial charge in [-0.1, -0.05) is 38.5 Å². The van der Waals surface area contributed by atoms with Crippen molar-refractivity contribution >= 4 is 0 Å². The molecule has 102 valence electrons. The van der Waals surface area contributed by atoms with Crippen molar-refractivity contribution in [2.45, 2.75) is 83.2 Å². The number of nitrogens with one attached hydrogen (secondary N) is 1. The van der Waals surface area contributed by atoms with Gasteiger partial charge in [-0.05, 0) is 38.5 Å². The molecule has 3 unspecified atom stereocenters. The summed E-state index contributed by atoms with van der Waals surface area (Å²) in [6, 6.07) is 3.59. The quantitative estimate of drug-likeness (QED) is 0.766. The molecule has 0 spiro atoms. The monoisotopic (exact) mass is 248 g/mol. The zero-order chi connectivity index (χ0) is 12.8. The van der Waals surface area contributed by atoms with Crippen LogP contribution in [0.25, 0.3) is 0 Å². The Kier molecular flexibility index (Phi) is 5.50. The summed E-state index contributed by atoms with van der Waals surface area (Å²) >= 11 is 0. The first-order valence-corrected chi connectivity index (χ1v) is 7.97. The Labute approximate surface area is 112 Å². The van der Waals surface area contributed by atoms with E-state index < -0.39 is 0 Å². The molecule has 0 saturated heterocycles. The first-order chi connectivity index (χ1) is 8.81. The molecule has 0 radical (unpaired) electrons. The zero-order valence-corrected chi connectivity index (χ0v) is 11.8. The molecule has 2 aliphatic rings. The topological polar surface area (TPSA) is 35.8 Å². The summed E-state index contributed by atoms with van der Waals surface area (Å²) < 4.78 is 0. The average Bonchev–Trinajstić information content (AvgIpc) is 2.64. The Balaban J connectivity index is 1.87. The van der Waals surface area contributed by atoms with Crippen molar-refractivity contribution in [2.75, 3.05) is 0 Å². The van der Waals surface area contributed by atoms with Crippen molar-refractivity contribution in [3.8, 4) is 6.07 Å². The predicted octanol–water partition coefficient (Wildman–Crippen LogP) is 4.02. The lowest BCUT2D eigenvalue weighted by Gasteiger charge is -2.32. The summed E-state index contributed by atoms with van der Waals surface area (Å²) in [7, 11) is 0. The second-order valence-electron chi connectivity index (χ2n) is 6.33. The van der Waals surface area contributed by atoms with Crippen molar-refractivity contribution in [3.63, 3.8) is 0 Å². The van der Waals surface area contributed by atoms with E-state index in [1.165, 1.54) is 57.8 Å². The Morgan fingerprint density at radius 2 is 1.56 bits per heavy atom. The molecule has 1 N–H and O–H groups in total. The number of rotatable bonds is 3. The van der Waals surface area contributed by atoms with Crippen LogP contribution in [0.15, 0.2) is 0 Å². The largest absolute Gasteiger partial charge is 0.310 e. The van der Waals surface area contributed by atoms with Crippen LogP contribution in [-0.4, -0.2) is 12.1 Å². The Bertz CT molecular complexity index is 275. The van der Waals surface area contributed by atoms with Gasteiger partial charge in [0.25, 0.3) is 0 Å². The Hall–Kier alpha value is -0.550. The van der Waals surface area contributed by atoms with Crippen molar-refractivity contribution in [3.05, 3.63) is 0 Å². The van der Waals surface area contributed by atoms with Crippen LogP contribution in [0.4, 0.5) is 0 Å². The molecular weight excluding hydrogens is 220 g/mol. The number of nitrogens with zero attached hydrogens (tertiary/aromatic N) is 1. The minimum Gasteiger partial charge on any atom is -0.310 e. The molecular formula is C16H28N2. The van der Waals surface area contributed by atoms with E-state index in [1.807, 2.05) is 0 Å². The molecule has 0 aliphatic heterocycles. The van der Waals surface area contributed by atoms with Gasteiger partial charge in [-0.3, -0.25) is 0 Å². The van der Waals surface area contributed by atoms with Crippen LogP contribution in [0.1, 0.15) is 71.1 Å². The summed E-state index contributed by atoms with van der Waals surface area (Å²) in [5.74, 6) is 1.10. The van der Waals surface area contributed by atoms with Crippen LogP contribution in [0.2, 0.25) is 0 Å². The number of nitriles is 1. The summed E-state index contributed by atoms with van der Waals surface area (Å²) in [6.07, 6.45) is 13.2. The van der Waals surface area contributed by atoms with Crippen LogP contribution < -0.4 is 5.32 Å². The van der Waals surface area contributed by atoms with Crippen molar-refractivity contribution < 1.29 is 0 Å². The molecule has 2 aliphatic carbocycles. The van der Waals surface area contributed by atoms with Crippen LogP contribution in [0.5, 0.6) is 0 Å². The van der Waals surface area contributed by atoms with Gasteiger partial charge >= 0.3 is 0 Å². The van der Waals surface area contributed by atoms with Crippen molar-refractivity contribution in [1.82, 2.24) is 5.32 Å². The molecule has 18 heavy (non-hydrogen) atoms. The SMILES string of the molecule is CC(NC1CCCCCC1C#N)C1CCCCC1. The fraction of sp³-hybridized carbons (Fsp3) is 0.938. The van der Waals surface area contributed by atoms with Gasteiger partial charge < -0.3 is 5.32 Å². The van der Waals surface area contributed by atoms with Gasteiger partial charge in [0.05, 0.1) is 12.0 Å². The minimum absolute atomic E-state index is 0.249. The van der Waals surface area contributed by atoms with E-state index >= 15 is 0 Å². The molecule has 0 amide bonds. The summed E-state index contributed by atoms with van der Waals surface area (Å²) in [5, 5.41) is 13.1. The smallest absolute Gasteiger partial charge is 0.0672 e. The molecule has 2 rings (SSSR count). The maximum absolute atomic E-state index is 9.32. The van der Waals surface area contributed by atoms with Gasteiger partial charge in [0.2, 0.25) is 0 Å². The second kappa shape index (κ2) is 7.14. The van der Waals surface area contributed by atoms with Gasteiger partial charge in [-0.2, -0.15) is 5.26 Å². The molecule has 2 saturated carbocycles. The number of hydrogen-bond acceptors (Lipinski definition) is 2. The highest BCUT2D eigenvalue weighted by atomic mass is 15.0. The van der Waals surface area contributed by atoms with E-state index in [4.69, 9.17) is 0 Å². The van der Waals surface area contributed by atoms with Gasteiger partial charge in [0.1, 0.15) is 0 Å². The van der Waals surface area contributed by atoms with E-state index in [2.05, 4.69) is 18.3 Å². The van der Waals surface area contributed by atoms with Crippen LogP contribution in [0, 0.1) is 23.2 Å². The molecule has 0 bridgehead atoms. The van der Waals surface area contributed by atoms with E-state index in [1.54, 1.807) is 0 Å². The average molecular weight is 248 g/mol. The van der Waals surface area contributed by atoms with Gasteiger partial charge in [0.15, 0.2) is 0 Å². The lowest BCUT2D eigenvalue weighted by Crippen LogP contribution is -2.44. The first-order valence-electron chi connectivity index (χ1n) is 7.97. The molecule has 2 heteroatoms. The first kappa shape index (κ1) is 13.9. The minimum atomic E-state index is 0.249. The lowest BCUT2D eigenvalue weighted by molar-refractivity contribution is 0.244. The van der Waals surface area contributed by atoms with Crippen molar-refractivity contribution in [1.29, 1.82) is 5.26 Å². The summed E-state index contributed by atoms with van der Waals surface area (Å²) in [5.41, 5.74) is 0. The van der Waals surface area contributed by atoms with E-state index in [0.29, 0.717) is 12.1 Å². The Morgan fingerprint density at radius 1 is 0.944 bits per heavy atom. The molecule has 2 nitrogen and oxygen atoms in total. The molecule has 2 fully saturated rings. The maximum atomic E-state index is 9.32. The molecule has 0 heterocycles. The third-order valence-corrected chi connectivity index (χ3v) is 5.02. The highest BCUT2D eigenvalue weighted by molar-refractivity contribution is 4.95. The standard InChI is InChI=1S/C16H28N2/c1-13(14-8-4-2-5-9-14)18-16-11-7-3-6-10-15(16)12-17/h13-16,18H,2-11H2,1H3. The van der Waals surface area contributed by atoms with Gasteiger partial charge in [-0.25, -0.2) is 0 Å². The van der Waals surface area contributed by atoms with Crippen LogP contribution >= 0.6 is 0 Å². The molecule has 0 aromatic carbocycles. The molecule has 0 aromatic heterocycles. The molecule has 0 aromatic rings. The highest BCUT2D eigenvalue weighted by Gasteiger charge is 2.27. The fourth-order valence-electron chi connectivity index (χ4n) is 3.77. The van der Waals surface area contributed by atoms with E-state index in [9.17, 15) is 5.26 Å². The maximum Gasteiger partial charge on any atom is 0.0672 e. The predicted molar refractivity (Wildman–Crippen MR) is 75.1 cm³/mol. The Morgan fingerprint density at radius 3 is 2.22 bits per heavy atom. The van der Waals surface area contributed by atoms with Crippen LogP contribution in [0.3, 0.4) is 0 Å². The zero-order valence-electron chi connectivity index (χ0n) is 11.8. The van der Waals surface area contributed by atoms with Crippen molar-refractivity contribution in [2.24, 2.45) is 11.8 Å². The van der Waals surface area contributed by atoms with Gasteiger partial charge in [-0.15, -0.1) is 0 Å². The summed E-state index contributed by atoms with van der Waals surface area (Å²) in [4.78, 5) is 0.